The molecule has 1 aliphatic carbocycles. The van der Waals surface area contributed by atoms with Crippen LogP contribution in [0.5, 0.6) is 0 Å². The highest BCUT2D eigenvalue weighted by molar-refractivity contribution is 6.14. The van der Waals surface area contributed by atoms with E-state index in [2.05, 4.69) is 146 Å². The van der Waals surface area contributed by atoms with E-state index in [1.54, 1.807) is 0 Å². The van der Waals surface area contributed by atoms with Crippen LogP contribution < -0.4 is 4.90 Å². The van der Waals surface area contributed by atoms with E-state index in [9.17, 15) is 0 Å². The maximum Gasteiger partial charge on any atom is 0.136 e. The Balaban J connectivity index is 1.26. The molecule has 0 fully saturated rings. The lowest BCUT2D eigenvalue weighted by Gasteiger charge is -2.29. The lowest BCUT2D eigenvalue weighted by Crippen LogP contribution is -2.15. The van der Waals surface area contributed by atoms with Gasteiger partial charge in [0.1, 0.15) is 22.3 Å². The Morgan fingerprint density at radius 1 is 0.417 bits per heavy atom. The molecule has 0 saturated heterocycles. The van der Waals surface area contributed by atoms with E-state index in [0.29, 0.717) is 0 Å². The molecule has 0 saturated carbocycles. The first-order valence-corrected chi connectivity index (χ1v) is 16.5. The van der Waals surface area contributed by atoms with Gasteiger partial charge in [0, 0.05) is 43.9 Å². The lowest BCUT2D eigenvalue weighted by atomic mass is 9.82. The van der Waals surface area contributed by atoms with Gasteiger partial charge >= 0.3 is 0 Å². The van der Waals surface area contributed by atoms with E-state index in [4.69, 9.17) is 8.83 Å². The molecular formula is C45H31NO2. The lowest BCUT2D eigenvalue weighted by molar-refractivity contribution is 0.660. The highest BCUT2D eigenvalue weighted by Gasteiger charge is 2.35. The zero-order valence-corrected chi connectivity index (χ0v) is 26.7. The largest absolute Gasteiger partial charge is 0.456 e. The van der Waals surface area contributed by atoms with Gasteiger partial charge in [0.25, 0.3) is 0 Å². The second-order valence-corrected chi connectivity index (χ2v) is 13.3. The Morgan fingerprint density at radius 3 is 1.88 bits per heavy atom. The summed E-state index contributed by atoms with van der Waals surface area (Å²) in [5.41, 5.74) is 14.3. The van der Waals surface area contributed by atoms with Crippen molar-refractivity contribution in [2.45, 2.75) is 19.3 Å². The van der Waals surface area contributed by atoms with Gasteiger partial charge in [-0.1, -0.05) is 111 Å². The number of rotatable bonds is 4. The van der Waals surface area contributed by atoms with Crippen molar-refractivity contribution in [1.29, 1.82) is 0 Å². The highest BCUT2D eigenvalue weighted by Crippen LogP contribution is 2.52. The molecule has 0 N–H and O–H groups in total. The fraction of sp³-hybridized carbons (Fsp3) is 0.0667. The van der Waals surface area contributed by atoms with Gasteiger partial charge in [0.2, 0.25) is 0 Å². The number of fused-ring (bicyclic) bond motifs is 9. The Labute approximate surface area is 278 Å². The van der Waals surface area contributed by atoms with Crippen LogP contribution in [0.1, 0.15) is 25.0 Å². The number of hydrogen-bond acceptors (Lipinski definition) is 3. The number of para-hydroxylation sites is 3. The summed E-state index contributed by atoms with van der Waals surface area (Å²) in [4.78, 5) is 2.41. The first-order chi connectivity index (χ1) is 23.6. The Kier molecular flexibility index (Phi) is 5.63. The van der Waals surface area contributed by atoms with Crippen molar-refractivity contribution >= 4 is 60.9 Å². The summed E-state index contributed by atoms with van der Waals surface area (Å²) in [6.45, 7) is 4.66. The van der Waals surface area contributed by atoms with Crippen LogP contribution in [0.25, 0.3) is 66.1 Å². The number of anilines is 3. The molecule has 7 aromatic carbocycles. The van der Waals surface area contributed by atoms with Gasteiger partial charge in [0.15, 0.2) is 0 Å². The minimum Gasteiger partial charge on any atom is -0.456 e. The minimum atomic E-state index is -0.0696. The minimum absolute atomic E-state index is 0.0696. The van der Waals surface area contributed by atoms with Gasteiger partial charge < -0.3 is 13.7 Å². The molecule has 2 heterocycles. The van der Waals surface area contributed by atoms with E-state index < -0.39 is 0 Å². The Morgan fingerprint density at radius 2 is 1.00 bits per heavy atom. The fourth-order valence-electron chi connectivity index (χ4n) is 8.02. The van der Waals surface area contributed by atoms with Crippen LogP contribution >= 0.6 is 0 Å². The van der Waals surface area contributed by atoms with E-state index >= 15 is 0 Å². The normalized spacial score (nSPS) is 13.4. The number of furan rings is 2. The summed E-state index contributed by atoms with van der Waals surface area (Å²) in [6, 6.07) is 54.1. The van der Waals surface area contributed by atoms with Crippen molar-refractivity contribution in [1.82, 2.24) is 0 Å². The molecule has 0 aliphatic heterocycles. The molecule has 0 radical (unpaired) electrons. The predicted octanol–water partition coefficient (Wildman–Crippen LogP) is 12.9. The van der Waals surface area contributed by atoms with Crippen LogP contribution in [-0.2, 0) is 5.41 Å². The average Bonchev–Trinajstić information content (AvgIpc) is 3.76. The van der Waals surface area contributed by atoms with Crippen LogP contribution in [0.4, 0.5) is 17.1 Å². The predicted molar refractivity (Wildman–Crippen MR) is 199 cm³/mol. The zero-order chi connectivity index (χ0) is 32.0. The Hall–Kier alpha value is -6.06. The average molecular weight is 618 g/mol. The zero-order valence-electron chi connectivity index (χ0n) is 26.7. The van der Waals surface area contributed by atoms with Crippen LogP contribution in [0.3, 0.4) is 0 Å². The van der Waals surface area contributed by atoms with E-state index in [1.165, 1.54) is 22.3 Å². The number of benzene rings is 7. The summed E-state index contributed by atoms with van der Waals surface area (Å²) >= 11 is 0. The van der Waals surface area contributed by atoms with E-state index in [1.807, 2.05) is 24.3 Å². The van der Waals surface area contributed by atoms with Crippen molar-refractivity contribution in [3.8, 4) is 22.3 Å². The summed E-state index contributed by atoms with van der Waals surface area (Å²) in [7, 11) is 0. The molecule has 0 amide bonds. The SMILES string of the molecule is CC1(C)c2ccccc2-c2cc(N(c3ccc4oc5ccccc5c4c3)c3ccccc3-c3cccc4oc5ccccc5c34)ccc21. The monoisotopic (exact) mass is 617 g/mol. The van der Waals surface area contributed by atoms with Gasteiger partial charge in [-0.3, -0.25) is 0 Å². The molecule has 10 rings (SSSR count). The molecule has 3 nitrogen and oxygen atoms in total. The third-order valence-electron chi connectivity index (χ3n) is 10.3. The maximum atomic E-state index is 6.34. The molecule has 0 bridgehead atoms. The van der Waals surface area contributed by atoms with Gasteiger partial charge in [-0.2, -0.15) is 0 Å². The van der Waals surface area contributed by atoms with Gasteiger partial charge in [-0.25, -0.2) is 0 Å². The second kappa shape index (κ2) is 9.97. The standard InChI is InChI=1S/C45H31NO2/c1-45(2)37-17-7-3-12-30(37)35-26-28(22-24-38(35)45)46(29-23-25-42-36(27-29)32-14-5-9-19-40(32)47-42)39-18-8-4-13-31(39)33-16-11-21-43-44(33)34-15-6-10-20-41(34)48-43/h3-27H,1-2H3. The first kappa shape index (κ1) is 27.1. The molecular weight excluding hydrogens is 587 g/mol. The number of nitrogens with zero attached hydrogens (tertiary/aromatic N) is 1. The van der Waals surface area contributed by atoms with Crippen LogP contribution in [0, 0.1) is 0 Å². The van der Waals surface area contributed by atoms with Crippen molar-refractivity contribution in [3.05, 3.63) is 163 Å². The highest BCUT2D eigenvalue weighted by atomic mass is 16.3. The number of hydrogen-bond donors (Lipinski definition) is 0. The maximum absolute atomic E-state index is 6.34. The van der Waals surface area contributed by atoms with E-state index in [0.717, 1.165) is 72.1 Å². The van der Waals surface area contributed by atoms with Crippen LogP contribution in [-0.4, -0.2) is 0 Å². The van der Waals surface area contributed by atoms with Gasteiger partial charge in [-0.05, 0) is 82.4 Å². The molecule has 48 heavy (non-hydrogen) atoms. The molecule has 3 heteroatoms. The van der Waals surface area contributed by atoms with Gasteiger partial charge in [-0.15, -0.1) is 0 Å². The fourth-order valence-corrected chi connectivity index (χ4v) is 8.02. The second-order valence-electron chi connectivity index (χ2n) is 13.3. The van der Waals surface area contributed by atoms with Crippen LogP contribution in [0.2, 0.25) is 0 Å². The summed E-state index contributed by atoms with van der Waals surface area (Å²) in [5.74, 6) is 0. The third-order valence-corrected chi connectivity index (χ3v) is 10.3. The van der Waals surface area contributed by atoms with E-state index in [-0.39, 0.29) is 5.41 Å². The molecule has 2 aromatic heterocycles. The molecule has 0 unspecified atom stereocenters. The van der Waals surface area contributed by atoms with Crippen LogP contribution in [0.15, 0.2) is 160 Å². The third kappa shape index (κ3) is 3.82. The summed E-state index contributed by atoms with van der Waals surface area (Å²) in [5, 5.41) is 4.46. The molecule has 1 aliphatic rings. The molecule has 0 spiro atoms. The topological polar surface area (TPSA) is 29.5 Å². The smallest absolute Gasteiger partial charge is 0.136 e. The Bertz CT molecular complexity index is 2730. The van der Waals surface area contributed by atoms with Gasteiger partial charge in [0.05, 0.1) is 5.69 Å². The summed E-state index contributed by atoms with van der Waals surface area (Å²) in [6.07, 6.45) is 0. The van der Waals surface area contributed by atoms with Crippen molar-refractivity contribution < 1.29 is 8.83 Å². The van der Waals surface area contributed by atoms with Crippen molar-refractivity contribution in [2.24, 2.45) is 0 Å². The molecule has 0 atom stereocenters. The molecule has 228 valence electrons. The van der Waals surface area contributed by atoms with Crippen molar-refractivity contribution in [3.63, 3.8) is 0 Å². The molecule has 9 aromatic rings. The first-order valence-electron chi connectivity index (χ1n) is 16.5. The van der Waals surface area contributed by atoms with Crippen molar-refractivity contribution in [2.75, 3.05) is 4.90 Å². The quantitative estimate of drug-likeness (QED) is 0.197. The summed E-state index contributed by atoms with van der Waals surface area (Å²) < 4.78 is 12.6.